The zero-order valence-corrected chi connectivity index (χ0v) is 10.6. The molecule has 1 aromatic carbocycles. The number of nitrogens with two attached hydrogens (primary N) is 1. The van der Waals surface area contributed by atoms with Crippen molar-refractivity contribution in [1.29, 1.82) is 0 Å². The van der Waals surface area contributed by atoms with Crippen molar-refractivity contribution in [2.24, 2.45) is 5.73 Å². The van der Waals surface area contributed by atoms with Crippen molar-refractivity contribution in [3.63, 3.8) is 0 Å². The standard InChI is InChI=1S/C13H16ClN3/c1-2-17-8-7-16-13(17)9-12(15)10-3-5-11(14)6-4-10/h3-8,12H,2,9,15H2,1H3. The topological polar surface area (TPSA) is 43.8 Å². The smallest absolute Gasteiger partial charge is 0.110 e. The van der Waals surface area contributed by atoms with Gasteiger partial charge in [0.25, 0.3) is 0 Å². The minimum absolute atomic E-state index is 0.0417. The second-order valence-electron chi connectivity index (χ2n) is 3.99. The van der Waals surface area contributed by atoms with Crippen molar-refractivity contribution in [2.45, 2.75) is 25.9 Å². The molecule has 0 saturated heterocycles. The summed E-state index contributed by atoms with van der Waals surface area (Å²) < 4.78 is 2.11. The second-order valence-corrected chi connectivity index (χ2v) is 4.43. The largest absolute Gasteiger partial charge is 0.335 e. The number of aryl methyl sites for hydroxylation is 1. The summed E-state index contributed by atoms with van der Waals surface area (Å²) in [7, 11) is 0. The molecule has 0 amide bonds. The number of rotatable bonds is 4. The Bertz CT molecular complexity index is 476. The molecule has 1 atom stereocenters. The van der Waals surface area contributed by atoms with Gasteiger partial charge in [-0.15, -0.1) is 0 Å². The first kappa shape index (κ1) is 12.1. The minimum Gasteiger partial charge on any atom is -0.335 e. The molecule has 0 aliphatic rings. The molecule has 2 aromatic rings. The molecule has 0 spiro atoms. The van der Waals surface area contributed by atoms with E-state index >= 15 is 0 Å². The average molecular weight is 250 g/mol. The highest BCUT2D eigenvalue weighted by atomic mass is 35.5. The summed E-state index contributed by atoms with van der Waals surface area (Å²) in [5, 5.41) is 0.732. The molecule has 2 rings (SSSR count). The lowest BCUT2D eigenvalue weighted by atomic mass is 10.0. The predicted octanol–water partition coefficient (Wildman–Crippen LogP) is 2.80. The first-order valence-electron chi connectivity index (χ1n) is 5.71. The van der Waals surface area contributed by atoms with Gasteiger partial charge >= 0.3 is 0 Å². The summed E-state index contributed by atoms with van der Waals surface area (Å²) in [4.78, 5) is 4.33. The normalized spacial score (nSPS) is 12.6. The molecule has 1 aromatic heterocycles. The van der Waals surface area contributed by atoms with Crippen LogP contribution in [0, 0.1) is 0 Å². The van der Waals surface area contributed by atoms with Gasteiger partial charge in [0.2, 0.25) is 0 Å². The van der Waals surface area contributed by atoms with Crippen molar-refractivity contribution in [3.05, 3.63) is 53.1 Å². The molecule has 0 fully saturated rings. The van der Waals surface area contributed by atoms with Crippen LogP contribution in [0.15, 0.2) is 36.7 Å². The van der Waals surface area contributed by atoms with Gasteiger partial charge in [0, 0.05) is 36.4 Å². The summed E-state index contributed by atoms with van der Waals surface area (Å²) in [6.07, 6.45) is 4.53. The highest BCUT2D eigenvalue weighted by Crippen LogP contribution is 2.17. The van der Waals surface area contributed by atoms with E-state index in [1.165, 1.54) is 0 Å². The molecule has 2 N–H and O–H groups in total. The van der Waals surface area contributed by atoms with Crippen LogP contribution in [0.2, 0.25) is 5.02 Å². The van der Waals surface area contributed by atoms with E-state index in [1.807, 2.05) is 36.7 Å². The maximum Gasteiger partial charge on any atom is 0.110 e. The third-order valence-corrected chi connectivity index (χ3v) is 3.10. The Labute approximate surface area is 106 Å². The lowest BCUT2D eigenvalue weighted by Crippen LogP contribution is -2.16. The van der Waals surface area contributed by atoms with E-state index in [9.17, 15) is 0 Å². The van der Waals surface area contributed by atoms with Gasteiger partial charge < -0.3 is 10.3 Å². The highest BCUT2D eigenvalue weighted by molar-refractivity contribution is 6.30. The Kier molecular flexibility index (Phi) is 3.82. The second kappa shape index (κ2) is 5.34. The fourth-order valence-electron chi connectivity index (χ4n) is 1.84. The van der Waals surface area contributed by atoms with E-state index in [1.54, 1.807) is 0 Å². The van der Waals surface area contributed by atoms with Gasteiger partial charge in [-0.25, -0.2) is 4.98 Å². The van der Waals surface area contributed by atoms with Crippen LogP contribution in [-0.2, 0) is 13.0 Å². The summed E-state index contributed by atoms with van der Waals surface area (Å²) in [6.45, 7) is 3.02. The van der Waals surface area contributed by atoms with Crippen LogP contribution in [0.1, 0.15) is 24.4 Å². The number of nitrogens with zero attached hydrogens (tertiary/aromatic N) is 2. The molecule has 0 aliphatic carbocycles. The zero-order chi connectivity index (χ0) is 12.3. The fourth-order valence-corrected chi connectivity index (χ4v) is 1.97. The molecular weight excluding hydrogens is 234 g/mol. The molecular formula is C13H16ClN3. The van der Waals surface area contributed by atoms with Crippen molar-refractivity contribution in [2.75, 3.05) is 0 Å². The molecule has 0 bridgehead atoms. The van der Waals surface area contributed by atoms with Gasteiger partial charge in [-0.3, -0.25) is 0 Å². The summed E-state index contributed by atoms with van der Waals surface area (Å²) >= 11 is 5.85. The SMILES string of the molecule is CCn1ccnc1CC(N)c1ccc(Cl)cc1. The Hall–Kier alpha value is -1.32. The Morgan fingerprint density at radius 2 is 2.06 bits per heavy atom. The van der Waals surface area contributed by atoms with Crippen LogP contribution in [-0.4, -0.2) is 9.55 Å². The van der Waals surface area contributed by atoms with E-state index in [2.05, 4.69) is 16.5 Å². The lowest BCUT2D eigenvalue weighted by Gasteiger charge is -2.12. The van der Waals surface area contributed by atoms with Crippen LogP contribution in [0.3, 0.4) is 0 Å². The molecule has 1 heterocycles. The lowest BCUT2D eigenvalue weighted by molar-refractivity contribution is 0.628. The van der Waals surface area contributed by atoms with Crippen molar-refractivity contribution in [3.8, 4) is 0 Å². The van der Waals surface area contributed by atoms with Crippen LogP contribution in [0.25, 0.3) is 0 Å². The minimum atomic E-state index is -0.0417. The molecule has 0 saturated carbocycles. The fraction of sp³-hybridized carbons (Fsp3) is 0.308. The molecule has 3 nitrogen and oxygen atoms in total. The van der Waals surface area contributed by atoms with E-state index in [-0.39, 0.29) is 6.04 Å². The van der Waals surface area contributed by atoms with Crippen molar-refractivity contribution >= 4 is 11.6 Å². The van der Waals surface area contributed by atoms with Gasteiger partial charge in [0.05, 0.1) is 0 Å². The molecule has 90 valence electrons. The van der Waals surface area contributed by atoms with Crippen LogP contribution in [0.5, 0.6) is 0 Å². The van der Waals surface area contributed by atoms with Gasteiger partial charge in [-0.2, -0.15) is 0 Å². The molecule has 0 aliphatic heterocycles. The monoisotopic (exact) mass is 249 g/mol. The Morgan fingerprint density at radius 1 is 1.35 bits per heavy atom. The highest BCUT2D eigenvalue weighted by Gasteiger charge is 2.10. The van der Waals surface area contributed by atoms with E-state index in [0.717, 1.165) is 29.4 Å². The van der Waals surface area contributed by atoms with Crippen molar-refractivity contribution in [1.82, 2.24) is 9.55 Å². The predicted molar refractivity (Wildman–Crippen MR) is 70.0 cm³/mol. The first-order valence-corrected chi connectivity index (χ1v) is 6.09. The van der Waals surface area contributed by atoms with Crippen LogP contribution < -0.4 is 5.73 Å². The zero-order valence-electron chi connectivity index (χ0n) is 9.81. The van der Waals surface area contributed by atoms with E-state index < -0.39 is 0 Å². The van der Waals surface area contributed by atoms with Gasteiger partial charge in [0.1, 0.15) is 5.82 Å². The molecule has 1 unspecified atom stereocenters. The number of aromatic nitrogens is 2. The van der Waals surface area contributed by atoms with E-state index in [0.29, 0.717) is 0 Å². The Morgan fingerprint density at radius 3 is 2.71 bits per heavy atom. The van der Waals surface area contributed by atoms with Crippen LogP contribution >= 0.6 is 11.6 Å². The Balaban J connectivity index is 2.11. The number of halogens is 1. The summed E-state index contributed by atoms with van der Waals surface area (Å²) in [5.74, 6) is 1.02. The number of hydrogen-bond donors (Lipinski definition) is 1. The number of hydrogen-bond acceptors (Lipinski definition) is 2. The summed E-state index contributed by atoms with van der Waals surface area (Å²) in [6, 6.07) is 7.62. The molecule has 0 radical (unpaired) electrons. The first-order chi connectivity index (χ1) is 8.20. The van der Waals surface area contributed by atoms with Gasteiger partial charge in [-0.05, 0) is 24.6 Å². The average Bonchev–Trinajstić information content (AvgIpc) is 2.77. The van der Waals surface area contributed by atoms with Gasteiger partial charge in [0.15, 0.2) is 0 Å². The van der Waals surface area contributed by atoms with E-state index in [4.69, 9.17) is 17.3 Å². The summed E-state index contributed by atoms with van der Waals surface area (Å²) in [5.41, 5.74) is 7.25. The van der Waals surface area contributed by atoms with Crippen LogP contribution in [0.4, 0.5) is 0 Å². The van der Waals surface area contributed by atoms with Gasteiger partial charge in [-0.1, -0.05) is 23.7 Å². The maximum atomic E-state index is 6.16. The third kappa shape index (κ3) is 2.87. The quantitative estimate of drug-likeness (QED) is 0.906. The molecule has 17 heavy (non-hydrogen) atoms. The number of benzene rings is 1. The maximum absolute atomic E-state index is 6.16. The molecule has 4 heteroatoms. The third-order valence-electron chi connectivity index (χ3n) is 2.84. The van der Waals surface area contributed by atoms with Crippen molar-refractivity contribution < 1.29 is 0 Å². The number of imidazole rings is 1.